The molecule has 2 fully saturated rings. The zero-order valence-electron chi connectivity index (χ0n) is 22.8. The van der Waals surface area contributed by atoms with Crippen LogP contribution < -0.4 is 0 Å². The largest absolute Gasteiger partial charge is 0.481 e. The number of carboxylic acids is 1. The molecule has 9 N–H and O–H groups in total. The van der Waals surface area contributed by atoms with E-state index in [1.54, 1.807) is 0 Å². The number of hydrogen-bond donors (Lipinski definition) is 9. The summed E-state index contributed by atoms with van der Waals surface area (Å²) >= 11 is 0. The lowest BCUT2D eigenvalue weighted by molar-refractivity contribution is -0.355. The SMILES string of the molecule is CCCCCCCCCCCCCC(=O)O.OC[C@H]1O[C@@H](O[C@H]2[C@H](O)[C@@H](O)[C@H](O)O[C@@H]2CO)[C@H](O)[C@@H](O)[C@H]1O. The number of aliphatic hydroxyl groups is 8. The van der Waals surface area contributed by atoms with E-state index in [9.17, 15) is 40.5 Å². The van der Waals surface area contributed by atoms with Gasteiger partial charge < -0.3 is 60.2 Å². The molecule has 0 radical (unpaired) electrons. The smallest absolute Gasteiger partial charge is 0.303 e. The van der Waals surface area contributed by atoms with Crippen LogP contribution in [0.3, 0.4) is 0 Å². The number of hydrogen-bond acceptors (Lipinski definition) is 12. The molecule has 10 atom stereocenters. The van der Waals surface area contributed by atoms with Gasteiger partial charge in [-0.05, 0) is 6.42 Å². The molecule has 2 aliphatic heterocycles. The Labute approximate surface area is 230 Å². The van der Waals surface area contributed by atoms with Crippen molar-refractivity contribution in [1.29, 1.82) is 0 Å². The molecule has 0 aromatic heterocycles. The molecule has 0 aromatic carbocycles. The van der Waals surface area contributed by atoms with Crippen LogP contribution in [0.1, 0.15) is 84.0 Å². The summed E-state index contributed by atoms with van der Waals surface area (Å²) in [4.78, 5) is 10.3. The lowest BCUT2D eigenvalue weighted by Crippen LogP contribution is -2.64. The van der Waals surface area contributed by atoms with E-state index in [4.69, 9.17) is 24.4 Å². The third-order valence-electron chi connectivity index (χ3n) is 6.97. The number of unbranched alkanes of at least 4 members (excludes halogenated alkanes) is 10. The van der Waals surface area contributed by atoms with Gasteiger partial charge in [-0.2, -0.15) is 0 Å². The van der Waals surface area contributed by atoms with Crippen molar-refractivity contribution in [2.24, 2.45) is 0 Å². The van der Waals surface area contributed by atoms with E-state index >= 15 is 0 Å². The first-order valence-electron chi connectivity index (χ1n) is 14.1. The first kappa shape index (κ1) is 36.1. The summed E-state index contributed by atoms with van der Waals surface area (Å²) in [5, 5.41) is 84.9. The Hall–Kier alpha value is -0.970. The van der Waals surface area contributed by atoms with Gasteiger partial charge in [0.15, 0.2) is 12.6 Å². The Bertz CT molecular complexity index is 635. The van der Waals surface area contributed by atoms with Gasteiger partial charge in [0.2, 0.25) is 0 Å². The standard InChI is InChI=1S/C14H28O2.C12H22O11/c1-2-3-4-5-6-7-8-9-10-11-12-13-14(15)16;13-1-3-5(15)6(16)9(19)12(22-3)23-10-4(2-14)21-11(20)8(18)7(10)17/h2-13H2,1H3,(H,15,16);3-20H,1-2H2/t;3-,4-,5+,6+,7-,8-,9-,10-,11-,12+/m.1/s1. The van der Waals surface area contributed by atoms with Gasteiger partial charge in [-0.1, -0.05) is 71.1 Å². The van der Waals surface area contributed by atoms with Crippen molar-refractivity contribution in [1.82, 2.24) is 0 Å². The van der Waals surface area contributed by atoms with Crippen LogP contribution >= 0.6 is 0 Å². The molecule has 0 aromatic rings. The predicted molar refractivity (Wildman–Crippen MR) is 137 cm³/mol. The van der Waals surface area contributed by atoms with Gasteiger partial charge in [-0.15, -0.1) is 0 Å². The second-order valence-corrected chi connectivity index (χ2v) is 10.2. The number of carboxylic acid groups (broad SMARTS) is 1. The van der Waals surface area contributed by atoms with E-state index in [-0.39, 0.29) is 0 Å². The summed E-state index contributed by atoms with van der Waals surface area (Å²) in [6, 6.07) is 0. The first-order chi connectivity index (χ1) is 18.6. The maximum atomic E-state index is 10.3. The Morgan fingerprint density at radius 3 is 1.64 bits per heavy atom. The predicted octanol–water partition coefficient (Wildman–Crippen LogP) is -0.625. The minimum Gasteiger partial charge on any atom is -0.481 e. The van der Waals surface area contributed by atoms with Gasteiger partial charge in [-0.3, -0.25) is 4.79 Å². The molecule has 13 heteroatoms. The zero-order chi connectivity index (χ0) is 29.4. The van der Waals surface area contributed by atoms with Crippen molar-refractivity contribution in [2.75, 3.05) is 13.2 Å². The summed E-state index contributed by atoms with van der Waals surface area (Å²) in [6.07, 6.45) is -1.21. The van der Waals surface area contributed by atoms with Crippen LogP contribution in [0.15, 0.2) is 0 Å². The Balaban J connectivity index is 0.000000420. The van der Waals surface area contributed by atoms with E-state index in [0.29, 0.717) is 6.42 Å². The average molecular weight is 571 g/mol. The van der Waals surface area contributed by atoms with Crippen molar-refractivity contribution < 1.29 is 65.0 Å². The molecular formula is C26H50O13. The summed E-state index contributed by atoms with van der Waals surface area (Å²) in [6.45, 7) is 0.902. The maximum Gasteiger partial charge on any atom is 0.303 e. The summed E-state index contributed by atoms with van der Waals surface area (Å²) in [5.74, 6) is -0.657. The number of ether oxygens (including phenoxy) is 3. The molecule has 0 aliphatic carbocycles. The summed E-state index contributed by atoms with van der Waals surface area (Å²) in [5.41, 5.74) is 0. The van der Waals surface area contributed by atoms with Crippen molar-refractivity contribution in [2.45, 2.75) is 145 Å². The third-order valence-corrected chi connectivity index (χ3v) is 6.97. The Kier molecular flexibility index (Phi) is 18.5. The highest BCUT2D eigenvalue weighted by Crippen LogP contribution is 2.28. The Morgan fingerprint density at radius 1 is 0.641 bits per heavy atom. The molecule has 2 saturated heterocycles. The fourth-order valence-corrected chi connectivity index (χ4v) is 4.51. The topological polar surface area (TPSA) is 227 Å². The quantitative estimate of drug-likeness (QED) is 0.106. The Morgan fingerprint density at radius 2 is 1.15 bits per heavy atom. The van der Waals surface area contributed by atoms with Gasteiger partial charge in [0.25, 0.3) is 0 Å². The average Bonchev–Trinajstić information content (AvgIpc) is 2.92. The van der Waals surface area contributed by atoms with E-state index < -0.39 is 80.6 Å². The van der Waals surface area contributed by atoms with Crippen LogP contribution in [0, 0.1) is 0 Å². The minimum atomic E-state index is -1.74. The van der Waals surface area contributed by atoms with E-state index in [0.717, 1.165) is 12.8 Å². The number of carbonyl (C=O) groups is 1. The van der Waals surface area contributed by atoms with Crippen molar-refractivity contribution in [3.8, 4) is 0 Å². The van der Waals surface area contributed by atoms with E-state index in [2.05, 4.69) is 6.92 Å². The minimum absolute atomic E-state index is 0.344. The van der Waals surface area contributed by atoms with Crippen LogP contribution in [0.4, 0.5) is 0 Å². The molecular weight excluding hydrogens is 520 g/mol. The van der Waals surface area contributed by atoms with E-state index in [1.807, 2.05) is 0 Å². The molecule has 0 saturated carbocycles. The summed E-state index contributed by atoms with van der Waals surface area (Å²) in [7, 11) is 0. The van der Waals surface area contributed by atoms with Crippen molar-refractivity contribution in [3.05, 3.63) is 0 Å². The van der Waals surface area contributed by atoms with Crippen LogP contribution in [0.25, 0.3) is 0 Å². The normalized spacial score (nSPS) is 34.8. The maximum absolute atomic E-state index is 10.3. The third kappa shape index (κ3) is 12.6. The molecule has 2 rings (SSSR count). The second kappa shape index (κ2) is 20.0. The lowest BCUT2D eigenvalue weighted by Gasteiger charge is -2.45. The fraction of sp³-hybridized carbons (Fsp3) is 0.962. The molecule has 232 valence electrons. The highest BCUT2D eigenvalue weighted by Gasteiger charge is 2.50. The van der Waals surface area contributed by atoms with E-state index in [1.165, 1.54) is 57.8 Å². The highest BCUT2D eigenvalue weighted by atomic mass is 16.7. The molecule has 0 spiro atoms. The van der Waals surface area contributed by atoms with Crippen molar-refractivity contribution >= 4 is 5.97 Å². The number of aliphatic hydroxyl groups excluding tert-OH is 8. The second-order valence-electron chi connectivity index (χ2n) is 10.2. The fourth-order valence-electron chi connectivity index (χ4n) is 4.51. The van der Waals surface area contributed by atoms with Gasteiger partial charge in [0.05, 0.1) is 13.2 Å². The van der Waals surface area contributed by atoms with Gasteiger partial charge in [0, 0.05) is 6.42 Å². The molecule has 0 bridgehead atoms. The monoisotopic (exact) mass is 570 g/mol. The number of rotatable bonds is 16. The zero-order valence-corrected chi connectivity index (χ0v) is 22.8. The van der Waals surface area contributed by atoms with Gasteiger partial charge in [-0.25, -0.2) is 0 Å². The molecule has 2 heterocycles. The molecule has 0 unspecified atom stereocenters. The lowest BCUT2D eigenvalue weighted by atomic mass is 9.97. The molecule has 2 aliphatic rings. The van der Waals surface area contributed by atoms with Crippen LogP contribution in [0.5, 0.6) is 0 Å². The molecule has 13 nitrogen and oxygen atoms in total. The van der Waals surface area contributed by atoms with Crippen molar-refractivity contribution in [3.63, 3.8) is 0 Å². The van der Waals surface area contributed by atoms with Gasteiger partial charge >= 0.3 is 5.97 Å². The molecule has 39 heavy (non-hydrogen) atoms. The van der Waals surface area contributed by atoms with Crippen LogP contribution in [-0.4, -0.2) is 127 Å². The van der Waals surface area contributed by atoms with Crippen LogP contribution in [0.2, 0.25) is 0 Å². The van der Waals surface area contributed by atoms with Gasteiger partial charge in [0.1, 0.15) is 48.8 Å². The first-order valence-corrected chi connectivity index (χ1v) is 14.1. The summed E-state index contributed by atoms with van der Waals surface area (Å²) < 4.78 is 15.3. The molecule has 0 amide bonds. The number of aliphatic carboxylic acids is 1. The highest BCUT2D eigenvalue weighted by molar-refractivity contribution is 5.66. The van der Waals surface area contributed by atoms with Crippen LogP contribution in [-0.2, 0) is 19.0 Å².